The molecule has 1 saturated heterocycles. The van der Waals surface area contributed by atoms with Gasteiger partial charge >= 0.3 is 0 Å². The summed E-state index contributed by atoms with van der Waals surface area (Å²) >= 11 is 0. The maximum atomic E-state index is 13.1. The van der Waals surface area contributed by atoms with Gasteiger partial charge in [0, 0.05) is 31.3 Å². The number of aliphatic hydroxyl groups is 1. The smallest absolute Gasteiger partial charge is 0.226 e. The second-order valence-corrected chi connectivity index (χ2v) is 8.17. The van der Waals surface area contributed by atoms with Crippen LogP contribution in [0.15, 0.2) is 30.3 Å². The van der Waals surface area contributed by atoms with Crippen molar-refractivity contribution in [2.45, 2.75) is 64.5 Å². The first-order valence-corrected chi connectivity index (χ1v) is 11.0. The molecule has 5 heteroatoms. The first-order valence-electron chi connectivity index (χ1n) is 11.0. The van der Waals surface area contributed by atoms with Crippen LogP contribution in [0.5, 0.6) is 0 Å². The molecule has 158 valence electrons. The van der Waals surface area contributed by atoms with Crippen molar-refractivity contribution in [3.63, 3.8) is 0 Å². The van der Waals surface area contributed by atoms with E-state index in [9.17, 15) is 14.7 Å². The van der Waals surface area contributed by atoms with E-state index in [1.807, 2.05) is 36.6 Å². The number of benzene rings is 1. The zero-order valence-corrected chi connectivity index (χ0v) is 17.9. The summed E-state index contributed by atoms with van der Waals surface area (Å²) in [6.45, 7) is 6.95. The van der Waals surface area contributed by atoms with Crippen molar-refractivity contribution in [2.75, 3.05) is 19.7 Å². The summed E-state index contributed by atoms with van der Waals surface area (Å²) in [5.41, 5.74) is 2.26. The number of likely N-dealkylation sites (tertiary alicyclic amines) is 1. The Bertz CT molecular complexity index is 739. The minimum Gasteiger partial charge on any atom is -0.394 e. The third-order valence-corrected chi connectivity index (χ3v) is 6.56. The van der Waals surface area contributed by atoms with Gasteiger partial charge < -0.3 is 14.9 Å². The Hall–Kier alpha value is -2.14. The molecule has 29 heavy (non-hydrogen) atoms. The molecule has 2 aliphatic rings. The molecule has 1 aliphatic heterocycles. The summed E-state index contributed by atoms with van der Waals surface area (Å²) < 4.78 is 0. The highest BCUT2D eigenvalue weighted by Crippen LogP contribution is 2.44. The van der Waals surface area contributed by atoms with Gasteiger partial charge in [0.2, 0.25) is 11.8 Å². The molecule has 2 fully saturated rings. The SMILES string of the molecule is C/C=C/c1ccc([C@@H]2[C@@H](CO)N(C(=O)C3CCC3)[C@H]2CN(CC)C(=O)CC)cc1. The van der Waals surface area contributed by atoms with Crippen molar-refractivity contribution in [1.82, 2.24) is 9.80 Å². The van der Waals surface area contributed by atoms with Gasteiger partial charge in [-0.25, -0.2) is 0 Å². The van der Waals surface area contributed by atoms with Crippen molar-refractivity contribution in [3.05, 3.63) is 41.5 Å². The van der Waals surface area contributed by atoms with Crippen LogP contribution in [0.3, 0.4) is 0 Å². The predicted molar refractivity (Wildman–Crippen MR) is 115 cm³/mol. The number of allylic oxidation sites excluding steroid dienone is 1. The maximum absolute atomic E-state index is 13.1. The summed E-state index contributed by atoms with van der Waals surface area (Å²) in [6, 6.07) is 8.05. The Morgan fingerprint density at radius 2 is 1.86 bits per heavy atom. The highest BCUT2D eigenvalue weighted by atomic mass is 16.3. The van der Waals surface area contributed by atoms with E-state index in [1.54, 1.807) is 0 Å². The van der Waals surface area contributed by atoms with Crippen molar-refractivity contribution < 1.29 is 14.7 Å². The average molecular weight is 399 g/mol. The van der Waals surface area contributed by atoms with Gasteiger partial charge in [-0.3, -0.25) is 9.59 Å². The van der Waals surface area contributed by atoms with Gasteiger partial charge in [0.25, 0.3) is 0 Å². The van der Waals surface area contributed by atoms with Gasteiger partial charge in [-0.2, -0.15) is 0 Å². The second-order valence-electron chi connectivity index (χ2n) is 8.17. The number of amides is 2. The highest BCUT2D eigenvalue weighted by molar-refractivity contribution is 5.82. The molecular formula is C24H34N2O3. The van der Waals surface area contributed by atoms with E-state index in [0.717, 1.165) is 30.4 Å². The third kappa shape index (κ3) is 4.25. The van der Waals surface area contributed by atoms with Gasteiger partial charge in [-0.15, -0.1) is 0 Å². The molecule has 2 amide bonds. The average Bonchev–Trinajstić information content (AvgIpc) is 2.67. The van der Waals surface area contributed by atoms with E-state index in [1.165, 1.54) is 0 Å². The molecule has 1 aromatic rings. The van der Waals surface area contributed by atoms with Crippen LogP contribution in [0.4, 0.5) is 0 Å². The van der Waals surface area contributed by atoms with E-state index in [0.29, 0.717) is 19.5 Å². The fourth-order valence-electron chi connectivity index (χ4n) is 4.67. The Morgan fingerprint density at radius 3 is 2.34 bits per heavy atom. The van der Waals surface area contributed by atoms with Gasteiger partial charge in [-0.05, 0) is 37.8 Å². The summed E-state index contributed by atoms with van der Waals surface area (Å²) in [5, 5.41) is 10.1. The summed E-state index contributed by atoms with van der Waals surface area (Å²) in [7, 11) is 0. The lowest BCUT2D eigenvalue weighted by atomic mass is 9.72. The number of hydrogen-bond acceptors (Lipinski definition) is 3. The highest BCUT2D eigenvalue weighted by Gasteiger charge is 2.53. The van der Waals surface area contributed by atoms with Crippen LogP contribution in [0, 0.1) is 5.92 Å². The molecule has 1 saturated carbocycles. The molecule has 0 spiro atoms. The molecule has 5 nitrogen and oxygen atoms in total. The minimum absolute atomic E-state index is 0.0439. The Balaban J connectivity index is 1.88. The fourth-order valence-corrected chi connectivity index (χ4v) is 4.67. The van der Waals surface area contributed by atoms with E-state index in [2.05, 4.69) is 30.3 Å². The summed E-state index contributed by atoms with van der Waals surface area (Å²) in [6.07, 6.45) is 7.50. The van der Waals surface area contributed by atoms with Crippen molar-refractivity contribution >= 4 is 17.9 Å². The van der Waals surface area contributed by atoms with Crippen molar-refractivity contribution in [2.24, 2.45) is 5.92 Å². The number of carbonyl (C=O) groups is 2. The zero-order chi connectivity index (χ0) is 21.0. The summed E-state index contributed by atoms with van der Waals surface area (Å²) in [5.74, 6) is 0.393. The van der Waals surface area contributed by atoms with Crippen LogP contribution in [0.25, 0.3) is 6.08 Å². The van der Waals surface area contributed by atoms with Crippen molar-refractivity contribution in [1.29, 1.82) is 0 Å². The third-order valence-electron chi connectivity index (χ3n) is 6.56. The number of carbonyl (C=O) groups excluding carboxylic acids is 2. The first-order chi connectivity index (χ1) is 14.0. The maximum Gasteiger partial charge on any atom is 0.226 e. The second kappa shape index (κ2) is 9.57. The normalized spacial score (nSPS) is 24.3. The quantitative estimate of drug-likeness (QED) is 0.730. The minimum atomic E-state index is -0.212. The van der Waals surface area contributed by atoms with E-state index in [4.69, 9.17) is 0 Å². The van der Waals surface area contributed by atoms with Crippen molar-refractivity contribution in [3.8, 4) is 0 Å². The van der Waals surface area contributed by atoms with Gasteiger partial charge in [-0.1, -0.05) is 49.8 Å². The molecule has 0 bridgehead atoms. The molecule has 0 unspecified atom stereocenters. The lowest BCUT2D eigenvalue weighted by Gasteiger charge is -2.57. The Morgan fingerprint density at radius 1 is 1.17 bits per heavy atom. The summed E-state index contributed by atoms with van der Waals surface area (Å²) in [4.78, 5) is 29.2. The fraction of sp³-hybridized carbons (Fsp3) is 0.583. The van der Waals surface area contributed by atoms with Crippen LogP contribution >= 0.6 is 0 Å². The Labute approximate surface area is 174 Å². The van der Waals surface area contributed by atoms with Crippen LogP contribution in [-0.4, -0.2) is 58.5 Å². The van der Waals surface area contributed by atoms with E-state index in [-0.39, 0.29) is 42.3 Å². The van der Waals surface area contributed by atoms with E-state index < -0.39 is 0 Å². The van der Waals surface area contributed by atoms with Crippen LogP contribution in [-0.2, 0) is 9.59 Å². The number of hydrogen-bond donors (Lipinski definition) is 1. The van der Waals surface area contributed by atoms with Crippen LogP contribution in [0.1, 0.15) is 63.5 Å². The Kier molecular flexibility index (Phi) is 7.12. The molecule has 1 aliphatic carbocycles. The molecule has 1 N–H and O–H groups in total. The van der Waals surface area contributed by atoms with E-state index >= 15 is 0 Å². The van der Waals surface area contributed by atoms with Crippen LogP contribution < -0.4 is 0 Å². The van der Waals surface area contributed by atoms with Gasteiger partial charge in [0.15, 0.2) is 0 Å². The number of rotatable bonds is 8. The molecule has 0 aromatic heterocycles. The number of likely N-dealkylation sites (N-methyl/N-ethyl adjacent to an activating group) is 1. The monoisotopic (exact) mass is 398 g/mol. The number of aliphatic hydroxyl groups excluding tert-OH is 1. The lowest BCUT2D eigenvalue weighted by Crippen LogP contribution is -2.70. The first kappa shape index (κ1) is 21.6. The molecule has 1 aromatic carbocycles. The standard InChI is InChI=1S/C24H34N2O3/c1-4-8-17-11-13-18(14-12-17)23-20(15-25(6-3)22(28)5-2)26(21(23)16-27)24(29)19-9-7-10-19/h4,8,11-14,19-21,23,27H,5-7,9-10,15-16H2,1-3H3/b8-4+/t20-,21+,23-/m0/s1. The lowest BCUT2D eigenvalue weighted by molar-refractivity contribution is -0.161. The number of nitrogens with zero attached hydrogens (tertiary/aromatic N) is 2. The van der Waals surface area contributed by atoms with Gasteiger partial charge in [0.05, 0.1) is 18.7 Å². The molecule has 1 heterocycles. The molecule has 0 radical (unpaired) electrons. The van der Waals surface area contributed by atoms with Gasteiger partial charge in [0.1, 0.15) is 0 Å². The largest absolute Gasteiger partial charge is 0.394 e. The topological polar surface area (TPSA) is 60.9 Å². The zero-order valence-electron chi connectivity index (χ0n) is 17.9. The predicted octanol–water partition coefficient (Wildman–Crippen LogP) is 3.43. The molecule has 3 atom stereocenters. The molecule has 3 rings (SSSR count). The van der Waals surface area contributed by atoms with Crippen LogP contribution in [0.2, 0.25) is 0 Å². The molecular weight excluding hydrogens is 364 g/mol.